The highest BCUT2D eigenvalue weighted by Crippen LogP contribution is 2.30. The van der Waals surface area contributed by atoms with Crippen molar-refractivity contribution in [3.05, 3.63) is 42.0 Å². The van der Waals surface area contributed by atoms with Crippen molar-refractivity contribution >= 4 is 11.9 Å². The van der Waals surface area contributed by atoms with Crippen molar-refractivity contribution in [1.29, 1.82) is 5.41 Å². The second-order valence-corrected chi connectivity index (χ2v) is 3.69. The van der Waals surface area contributed by atoms with Crippen LogP contribution in [0.25, 0.3) is 11.1 Å². The van der Waals surface area contributed by atoms with E-state index in [0.29, 0.717) is 11.3 Å². The topological polar surface area (TPSA) is 90.3 Å². The van der Waals surface area contributed by atoms with Crippen LogP contribution >= 0.6 is 0 Å². The molecule has 0 aliphatic carbocycles. The third-order valence-electron chi connectivity index (χ3n) is 2.54. The molecule has 2 rings (SSSR count). The lowest BCUT2D eigenvalue weighted by Gasteiger charge is -2.08. The highest BCUT2D eigenvalue weighted by atomic mass is 16.3. The number of rotatable bonds is 2. The van der Waals surface area contributed by atoms with E-state index < -0.39 is 0 Å². The first-order valence-electron chi connectivity index (χ1n) is 5.04. The maximum atomic E-state index is 9.71. The summed E-state index contributed by atoms with van der Waals surface area (Å²) >= 11 is 0. The number of phenols is 2. The van der Waals surface area contributed by atoms with Crippen molar-refractivity contribution in [2.45, 2.75) is 0 Å². The van der Waals surface area contributed by atoms with Crippen molar-refractivity contribution in [3.8, 4) is 22.6 Å². The molecule has 0 fully saturated rings. The predicted molar refractivity (Wildman–Crippen MR) is 67.5 cm³/mol. The van der Waals surface area contributed by atoms with Gasteiger partial charge in [0.1, 0.15) is 11.5 Å². The summed E-state index contributed by atoms with van der Waals surface area (Å²) in [4.78, 5) is 0. The van der Waals surface area contributed by atoms with Crippen LogP contribution in [0.1, 0.15) is 5.56 Å². The molecule has 0 aromatic heterocycles. The monoisotopic (exact) mass is 228 g/mol. The summed E-state index contributed by atoms with van der Waals surface area (Å²) < 4.78 is 0. The van der Waals surface area contributed by atoms with Gasteiger partial charge in [0.15, 0.2) is 0 Å². The highest BCUT2D eigenvalue weighted by Gasteiger charge is 2.07. The Morgan fingerprint density at radius 3 is 2.18 bits per heavy atom. The Kier molecular flexibility index (Phi) is 2.70. The summed E-state index contributed by atoms with van der Waals surface area (Å²) in [5, 5.41) is 26.0. The molecule has 0 bridgehead atoms. The van der Waals surface area contributed by atoms with Crippen molar-refractivity contribution in [1.82, 2.24) is 0 Å². The zero-order valence-electron chi connectivity index (χ0n) is 9.01. The van der Waals surface area contributed by atoms with Gasteiger partial charge in [0.05, 0.1) is 5.56 Å². The van der Waals surface area contributed by atoms with Crippen molar-refractivity contribution < 1.29 is 10.2 Å². The third-order valence-corrected chi connectivity index (χ3v) is 2.54. The fourth-order valence-corrected chi connectivity index (χ4v) is 1.64. The Morgan fingerprint density at radius 2 is 1.65 bits per heavy atom. The maximum absolute atomic E-state index is 9.71. The quantitative estimate of drug-likeness (QED) is 0.469. The van der Waals surface area contributed by atoms with Gasteiger partial charge < -0.3 is 21.4 Å². The summed E-state index contributed by atoms with van der Waals surface area (Å²) in [5.41, 5.74) is 7.98. The lowest BCUT2D eigenvalue weighted by Crippen LogP contribution is -1.94. The lowest BCUT2D eigenvalue weighted by molar-refractivity contribution is 0.475. The number of aromatic hydroxyl groups is 2. The lowest BCUT2D eigenvalue weighted by atomic mass is 10.0. The molecule has 2 aromatic rings. The first-order chi connectivity index (χ1) is 8.11. The molecule has 0 aliphatic rings. The molecule has 5 N–H and O–H groups in total. The highest BCUT2D eigenvalue weighted by molar-refractivity contribution is 5.91. The zero-order chi connectivity index (χ0) is 12.4. The van der Waals surface area contributed by atoms with E-state index in [0.717, 1.165) is 17.3 Å². The minimum Gasteiger partial charge on any atom is -0.508 e. The SMILES string of the molecule is N=Cc1c(N)cc(-c2ccc(O)cc2)cc1O. The smallest absolute Gasteiger partial charge is 0.127 e. The molecule has 0 saturated carbocycles. The first kappa shape index (κ1) is 11.0. The van der Waals surface area contributed by atoms with Gasteiger partial charge in [-0.25, -0.2) is 0 Å². The summed E-state index contributed by atoms with van der Waals surface area (Å²) in [5.74, 6) is 0.158. The van der Waals surface area contributed by atoms with Gasteiger partial charge in [-0.1, -0.05) is 12.1 Å². The van der Waals surface area contributed by atoms with Crippen LogP contribution in [0.2, 0.25) is 0 Å². The Bertz CT molecular complexity index is 539. The molecular formula is C13H12N2O2. The van der Waals surface area contributed by atoms with Gasteiger partial charge >= 0.3 is 0 Å². The van der Waals surface area contributed by atoms with Crippen LogP contribution in [0.4, 0.5) is 5.69 Å². The van der Waals surface area contributed by atoms with Crippen LogP contribution in [0, 0.1) is 5.41 Å². The molecule has 17 heavy (non-hydrogen) atoms. The minimum absolute atomic E-state index is 0.0249. The normalized spacial score (nSPS) is 10.1. The van der Waals surface area contributed by atoms with E-state index in [1.807, 2.05) is 0 Å². The van der Waals surface area contributed by atoms with E-state index >= 15 is 0 Å². The van der Waals surface area contributed by atoms with E-state index in [2.05, 4.69) is 0 Å². The summed E-state index contributed by atoms with van der Waals surface area (Å²) in [6.07, 6.45) is 1.02. The molecule has 86 valence electrons. The molecule has 4 nitrogen and oxygen atoms in total. The fraction of sp³-hybridized carbons (Fsp3) is 0. The van der Waals surface area contributed by atoms with Gasteiger partial charge in [0.25, 0.3) is 0 Å². The molecule has 0 heterocycles. The van der Waals surface area contributed by atoms with Crippen LogP contribution in [0.3, 0.4) is 0 Å². The molecule has 0 saturated heterocycles. The summed E-state index contributed by atoms with van der Waals surface area (Å²) in [7, 11) is 0. The van der Waals surface area contributed by atoms with Crippen LogP contribution in [0.5, 0.6) is 11.5 Å². The van der Waals surface area contributed by atoms with Gasteiger partial charge in [-0.3, -0.25) is 0 Å². The van der Waals surface area contributed by atoms with Gasteiger partial charge in [-0.2, -0.15) is 0 Å². The van der Waals surface area contributed by atoms with E-state index in [1.54, 1.807) is 36.4 Å². The van der Waals surface area contributed by atoms with Gasteiger partial charge in [-0.05, 0) is 35.4 Å². The van der Waals surface area contributed by atoms with E-state index in [-0.39, 0.29) is 11.5 Å². The fourth-order valence-electron chi connectivity index (χ4n) is 1.64. The number of benzene rings is 2. The van der Waals surface area contributed by atoms with Crippen LogP contribution in [-0.2, 0) is 0 Å². The number of nitrogens with two attached hydrogens (primary N) is 1. The van der Waals surface area contributed by atoms with Crippen LogP contribution in [0.15, 0.2) is 36.4 Å². The van der Waals surface area contributed by atoms with Crippen LogP contribution in [-0.4, -0.2) is 16.4 Å². The predicted octanol–water partition coefficient (Wildman–Crippen LogP) is 2.34. The molecule has 4 heteroatoms. The molecule has 0 amide bonds. The largest absolute Gasteiger partial charge is 0.508 e. The number of hydrogen-bond acceptors (Lipinski definition) is 4. The number of phenolic OH excluding ortho intramolecular Hbond substituents is 2. The standard InChI is InChI=1S/C13H12N2O2/c14-7-11-12(15)5-9(6-13(11)17)8-1-3-10(16)4-2-8/h1-7,14,16-17H,15H2. The number of hydrogen-bond donors (Lipinski definition) is 4. The van der Waals surface area contributed by atoms with E-state index in [1.165, 1.54) is 0 Å². The molecule has 0 spiro atoms. The number of nitrogens with one attached hydrogen (secondary N) is 1. The van der Waals surface area contributed by atoms with Crippen molar-refractivity contribution in [3.63, 3.8) is 0 Å². The van der Waals surface area contributed by atoms with Gasteiger partial charge in [0, 0.05) is 11.9 Å². The maximum Gasteiger partial charge on any atom is 0.127 e. The van der Waals surface area contributed by atoms with Gasteiger partial charge in [0.2, 0.25) is 0 Å². The Balaban J connectivity index is 2.54. The Hall–Kier alpha value is -2.49. The van der Waals surface area contributed by atoms with E-state index in [9.17, 15) is 10.2 Å². The van der Waals surface area contributed by atoms with Gasteiger partial charge in [-0.15, -0.1) is 0 Å². The average Bonchev–Trinajstić information content (AvgIpc) is 2.29. The second kappa shape index (κ2) is 4.17. The molecule has 0 atom stereocenters. The van der Waals surface area contributed by atoms with Crippen LogP contribution < -0.4 is 5.73 Å². The molecular weight excluding hydrogens is 216 g/mol. The summed E-state index contributed by atoms with van der Waals surface area (Å²) in [6.45, 7) is 0. The second-order valence-electron chi connectivity index (χ2n) is 3.69. The van der Waals surface area contributed by atoms with Crippen molar-refractivity contribution in [2.75, 3.05) is 5.73 Å². The number of anilines is 1. The number of nitrogen functional groups attached to an aromatic ring is 1. The molecule has 0 radical (unpaired) electrons. The molecule has 0 unspecified atom stereocenters. The Labute approximate surface area is 98.5 Å². The Morgan fingerprint density at radius 1 is 1.00 bits per heavy atom. The molecule has 0 aliphatic heterocycles. The van der Waals surface area contributed by atoms with E-state index in [4.69, 9.17) is 11.1 Å². The summed E-state index contributed by atoms with van der Waals surface area (Å²) in [6, 6.07) is 9.82. The average molecular weight is 228 g/mol. The zero-order valence-corrected chi connectivity index (χ0v) is 9.01. The third kappa shape index (κ3) is 2.06. The molecule has 2 aromatic carbocycles. The minimum atomic E-state index is -0.0249. The first-order valence-corrected chi connectivity index (χ1v) is 5.04. The van der Waals surface area contributed by atoms with Crippen molar-refractivity contribution in [2.24, 2.45) is 0 Å².